The molecule has 1 saturated carbocycles. The normalized spacial score (nSPS) is 18.8. The Labute approximate surface area is 137 Å². The van der Waals surface area contributed by atoms with E-state index in [1.54, 1.807) is 0 Å². The molecule has 0 aromatic heterocycles. The van der Waals surface area contributed by atoms with Gasteiger partial charge in [-0.3, -0.25) is 0 Å². The highest BCUT2D eigenvalue weighted by Gasteiger charge is 2.41. The van der Waals surface area contributed by atoms with Gasteiger partial charge >= 0.3 is 0 Å². The van der Waals surface area contributed by atoms with E-state index in [1.165, 1.54) is 37.7 Å². The van der Waals surface area contributed by atoms with Gasteiger partial charge in [-0.25, -0.2) is 0 Å². The molecule has 21 heavy (non-hydrogen) atoms. The molecule has 1 aliphatic rings. The maximum atomic E-state index is 6.27. The first-order valence-corrected chi connectivity index (χ1v) is 9.11. The number of nitrogens with one attached hydrogen (secondary N) is 1. The van der Waals surface area contributed by atoms with Crippen LogP contribution >= 0.6 is 15.9 Å². The molecule has 1 unspecified atom stereocenters. The average molecular weight is 354 g/mol. The number of benzene rings is 1. The van der Waals surface area contributed by atoms with Crippen LogP contribution in [0.15, 0.2) is 28.7 Å². The Morgan fingerprint density at radius 2 is 1.86 bits per heavy atom. The highest BCUT2D eigenvalue weighted by atomic mass is 79.9. The minimum absolute atomic E-state index is 0.0387. The molecular formula is C18H28BrNO. The van der Waals surface area contributed by atoms with Gasteiger partial charge in [0, 0.05) is 17.1 Å². The first kappa shape index (κ1) is 17.0. The molecule has 3 heteroatoms. The molecular weight excluding hydrogens is 326 g/mol. The summed E-state index contributed by atoms with van der Waals surface area (Å²) >= 11 is 3.51. The Morgan fingerprint density at radius 1 is 1.19 bits per heavy atom. The highest BCUT2D eigenvalue weighted by molar-refractivity contribution is 9.10. The summed E-state index contributed by atoms with van der Waals surface area (Å²) < 4.78 is 7.42. The van der Waals surface area contributed by atoms with Crippen molar-refractivity contribution in [1.82, 2.24) is 5.32 Å². The number of ether oxygens (including phenoxy) is 1. The van der Waals surface area contributed by atoms with E-state index in [-0.39, 0.29) is 5.60 Å². The average Bonchev–Trinajstić information content (AvgIpc) is 2.95. The monoisotopic (exact) mass is 353 g/mol. The van der Waals surface area contributed by atoms with Gasteiger partial charge in [0.2, 0.25) is 0 Å². The standard InChI is InChI=1S/C18H28BrNO/c1-3-13-20-17(14-15-7-9-16(19)10-8-15)18(21-4-2)11-5-6-12-18/h7-10,17,20H,3-6,11-14H2,1-2H3. The van der Waals surface area contributed by atoms with Crippen LogP contribution in [-0.4, -0.2) is 24.8 Å². The summed E-state index contributed by atoms with van der Waals surface area (Å²) in [4.78, 5) is 0. The molecule has 1 aromatic rings. The Morgan fingerprint density at radius 3 is 2.43 bits per heavy atom. The van der Waals surface area contributed by atoms with Gasteiger partial charge in [-0.2, -0.15) is 0 Å². The van der Waals surface area contributed by atoms with Crippen LogP contribution in [0.25, 0.3) is 0 Å². The van der Waals surface area contributed by atoms with E-state index in [1.807, 2.05) is 0 Å². The number of rotatable bonds is 8. The van der Waals surface area contributed by atoms with Crippen LogP contribution in [0.5, 0.6) is 0 Å². The molecule has 1 fully saturated rings. The second-order valence-electron chi connectivity index (χ2n) is 6.04. The minimum Gasteiger partial charge on any atom is -0.374 e. The van der Waals surface area contributed by atoms with E-state index < -0.39 is 0 Å². The molecule has 0 amide bonds. The zero-order chi connectivity index (χ0) is 15.1. The van der Waals surface area contributed by atoms with Crippen molar-refractivity contribution in [1.29, 1.82) is 0 Å². The Hall–Kier alpha value is -0.380. The maximum Gasteiger partial charge on any atom is 0.0837 e. The second-order valence-corrected chi connectivity index (χ2v) is 6.96. The van der Waals surface area contributed by atoms with Gasteiger partial charge in [0.1, 0.15) is 0 Å². The topological polar surface area (TPSA) is 21.3 Å². The third-order valence-corrected chi connectivity index (χ3v) is 5.04. The van der Waals surface area contributed by atoms with Gasteiger partial charge in [-0.15, -0.1) is 0 Å². The first-order valence-electron chi connectivity index (χ1n) is 8.32. The van der Waals surface area contributed by atoms with E-state index in [4.69, 9.17) is 4.74 Å². The van der Waals surface area contributed by atoms with Crippen molar-refractivity contribution in [2.24, 2.45) is 0 Å². The summed E-state index contributed by atoms with van der Waals surface area (Å²) in [6, 6.07) is 9.13. The smallest absolute Gasteiger partial charge is 0.0837 e. The van der Waals surface area contributed by atoms with Crippen molar-refractivity contribution < 1.29 is 4.74 Å². The fourth-order valence-electron chi connectivity index (χ4n) is 3.47. The largest absolute Gasteiger partial charge is 0.374 e. The number of halogens is 1. The number of hydrogen-bond donors (Lipinski definition) is 1. The predicted octanol–water partition coefficient (Wildman–Crippen LogP) is 4.71. The molecule has 2 rings (SSSR count). The molecule has 0 saturated heterocycles. The van der Waals surface area contributed by atoms with Crippen LogP contribution < -0.4 is 5.32 Å². The van der Waals surface area contributed by atoms with Crippen LogP contribution in [0.1, 0.15) is 51.5 Å². The zero-order valence-corrected chi connectivity index (χ0v) is 14.9. The molecule has 1 atom stereocenters. The number of hydrogen-bond acceptors (Lipinski definition) is 2. The molecule has 1 aliphatic carbocycles. The summed E-state index contributed by atoms with van der Waals surface area (Å²) in [5.74, 6) is 0. The second kappa shape index (κ2) is 8.30. The van der Waals surface area contributed by atoms with Crippen LogP contribution in [0.3, 0.4) is 0 Å². The van der Waals surface area contributed by atoms with E-state index >= 15 is 0 Å². The summed E-state index contributed by atoms with van der Waals surface area (Å²) in [6.07, 6.45) is 7.19. The molecule has 1 N–H and O–H groups in total. The van der Waals surface area contributed by atoms with Crippen LogP contribution in [0.2, 0.25) is 0 Å². The van der Waals surface area contributed by atoms with Crippen molar-refractivity contribution in [2.75, 3.05) is 13.2 Å². The van der Waals surface area contributed by atoms with Crippen molar-refractivity contribution in [2.45, 2.75) is 64.0 Å². The Bertz CT molecular complexity index is 412. The predicted molar refractivity (Wildman–Crippen MR) is 92.8 cm³/mol. The fraction of sp³-hybridized carbons (Fsp3) is 0.667. The first-order chi connectivity index (χ1) is 10.2. The third-order valence-electron chi connectivity index (χ3n) is 4.51. The maximum absolute atomic E-state index is 6.27. The van der Waals surface area contributed by atoms with Crippen LogP contribution in [0, 0.1) is 0 Å². The van der Waals surface area contributed by atoms with Crippen molar-refractivity contribution in [3.63, 3.8) is 0 Å². The lowest BCUT2D eigenvalue weighted by Gasteiger charge is -2.38. The van der Waals surface area contributed by atoms with Gasteiger partial charge < -0.3 is 10.1 Å². The summed E-state index contributed by atoms with van der Waals surface area (Å²) in [6.45, 7) is 6.23. The van der Waals surface area contributed by atoms with Gasteiger partial charge in [-0.1, -0.05) is 47.8 Å². The summed E-state index contributed by atoms with van der Waals surface area (Å²) in [5.41, 5.74) is 1.43. The minimum atomic E-state index is 0.0387. The van der Waals surface area contributed by atoms with Crippen LogP contribution in [0.4, 0.5) is 0 Å². The molecule has 0 bridgehead atoms. The fourth-order valence-corrected chi connectivity index (χ4v) is 3.74. The molecule has 1 aromatic carbocycles. The Kier molecular flexibility index (Phi) is 6.72. The molecule has 2 nitrogen and oxygen atoms in total. The van der Waals surface area contributed by atoms with Gasteiger partial charge in [0.05, 0.1) is 5.60 Å². The molecule has 0 radical (unpaired) electrons. The van der Waals surface area contributed by atoms with E-state index in [0.717, 1.165) is 24.0 Å². The quantitative estimate of drug-likeness (QED) is 0.730. The SMILES string of the molecule is CCCNC(Cc1ccc(Br)cc1)C1(OCC)CCCC1. The lowest BCUT2D eigenvalue weighted by atomic mass is 9.87. The van der Waals surface area contributed by atoms with Crippen molar-refractivity contribution in [3.05, 3.63) is 34.3 Å². The molecule has 0 heterocycles. The van der Waals surface area contributed by atoms with E-state index in [2.05, 4.69) is 59.4 Å². The molecule has 118 valence electrons. The van der Waals surface area contributed by atoms with Crippen LogP contribution in [-0.2, 0) is 11.2 Å². The zero-order valence-electron chi connectivity index (χ0n) is 13.3. The van der Waals surface area contributed by atoms with Gasteiger partial charge in [0.25, 0.3) is 0 Å². The Balaban J connectivity index is 2.13. The molecule has 0 aliphatic heterocycles. The van der Waals surface area contributed by atoms with Crippen molar-refractivity contribution >= 4 is 15.9 Å². The lowest BCUT2D eigenvalue weighted by molar-refractivity contribution is -0.0612. The van der Waals surface area contributed by atoms with Gasteiger partial charge in [0.15, 0.2) is 0 Å². The van der Waals surface area contributed by atoms with E-state index in [9.17, 15) is 0 Å². The van der Waals surface area contributed by atoms with E-state index in [0.29, 0.717) is 6.04 Å². The molecule has 0 spiro atoms. The summed E-state index contributed by atoms with van der Waals surface area (Å²) in [5, 5.41) is 3.76. The highest BCUT2D eigenvalue weighted by Crippen LogP contribution is 2.37. The van der Waals surface area contributed by atoms with Crippen molar-refractivity contribution in [3.8, 4) is 0 Å². The third kappa shape index (κ3) is 4.54. The lowest BCUT2D eigenvalue weighted by Crippen LogP contribution is -2.52. The van der Waals surface area contributed by atoms with Gasteiger partial charge in [-0.05, 0) is 56.8 Å². The summed E-state index contributed by atoms with van der Waals surface area (Å²) in [7, 11) is 0.